The molecule has 0 saturated heterocycles. The third-order valence-corrected chi connectivity index (χ3v) is 5.54. The summed E-state index contributed by atoms with van der Waals surface area (Å²) >= 11 is 0. The molecule has 2 aliphatic carbocycles. The average Bonchev–Trinajstić information content (AvgIpc) is 2.65. The minimum Gasteiger partial charge on any atom is -0.327 e. The largest absolute Gasteiger partial charge is 0.327 e. The minimum atomic E-state index is 0.110. The maximum absolute atomic E-state index is 12.6. The van der Waals surface area contributed by atoms with Crippen LogP contribution in [0, 0.1) is 31.6 Å². The van der Waals surface area contributed by atoms with Crippen LogP contribution in [0.25, 0.3) is 0 Å². The fourth-order valence-electron chi connectivity index (χ4n) is 4.18. The molecule has 3 rings (SSSR count). The third-order valence-electron chi connectivity index (χ3n) is 5.54. The van der Waals surface area contributed by atoms with Crippen LogP contribution in [0.2, 0.25) is 0 Å². The van der Waals surface area contributed by atoms with Gasteiger partial charge in [0, 0.05) is 19.0 Å². The Kier molecular flexibility index (Phi) is 3.78. The Bertz CT molecular complexity index is 537. The molecule has 2 unspecified atom stereocenters. The fraction of sp³-hybridized carbons (Fsp3) is 0.750. The van der Waals surface area contributed by atoms with E-state index >= 15 is 0 Å². The van der Waals surface area contributed by atoms with E-state index in [0.717, 1.165) is 29.9 Å². The first-order valence-corrected chi connectivity index (χ1v) is 8.04. The Labute approximate surface area is 126 Å². The summed E-state index contributed by atoms with van der Waals surface area (Å²) in [5.74, 6) is 1.32. The van der Waals surface area contributed by atoms with Crippen molar-refractivity contribution in [3.63, 3.8) is 0 Å². The van der Waals surface area contributed by atoms with Crippen molar-refractivity contribution in [3.05, 3.63) is 11.4 Å². The SMILES string of the molecule is Cc1nn(C)c(C)c1NC(=O)C1CC2CCCC(C1)C2N. The van der Waals surface area contributed by atoms with Crippen molar-refractivity contribution in [1.29, 1.82) is 0 Å². The summed E-state index contributed by atoms with van der Waals surface area (Å²) in [6, 6.07) is 0.310. The minimum absolute atomic E-state index is 0.110. The Balaban J connectivity index is 1.71. The zero-order chi connectivity index (χ0) is 15.1. The number of nitrogens with one attached hydrogen (secondary N) is 1. The van der Waals surface area contributed by atoms with Gasteiger partial charge < -0.3 is 11.1 Å². The van der Waals surface area contributed by atoms with Crippen molar-refractivity contribution in [2.45, 2.75) is 52.0 Å². The van der Waals surface area contributed by atoms with Gasteiger partial charge in [-0.1, -0.05) is 6.42 Å². The molecule has 0 aliphatic heterocycles. The second-order valence-electron chi connectivity index (χ2n) is 6.86. The molecule has 1 heterocycles. The molecule has 2 saturated carbocycles. The van der Waals surface area contributed by atoms with Crippen LogP contribution in [0.3, 0.4) is 0 Å². The highest BCUT2D eigenvalue weighted by Crippen LogP contribution is 2.42. The van der Waals surface area contributed by atoms with Gasteiger partial charge in [-0.05, 0) is 51.4 Å². The number of hydrogen-bond acceptors (Lipinski definition) is 3. The Hall–Kier alpha value is -1.36. The Morgan fingerprint density at radius 3 is 2.43 bits per heavy atom. The van der Waals surface area contributed by atoms with Gasteiger partial charge in [0.2, 0.25) is 5.91 Å². The van der Waals surface area contributed by atoms with Crippen molar-refractivity contribution >= 4 is 11.6 Å². The molecule has 5 heteroatoms. The van der Waals surface area contributed by atoms with Gasteiger partial charge >= 0.3 is 0 Å². The number of aryl methyl sites for hydroxylation is 2. The van der Waals surface area contributed by atoms with Crippen molar-refractivity contribution in [1.82, 2.24) is 9.78 Å². The zero-order valence-corrected chi connectivity index (χ0v) is 13.2. The number of fused-ring (bicyclic) bond motifs is 2. The average molecular weight is 290 g/mol. The Morgan fingerprint density at radius 2 is 1.90 bits per heavy atom. The number of carbonyl (C=O) groups is 1. The van der Waals surface area contributed by atoms with E-state index in [1.54, 1.807) is 0 Å². The zero-order valence-electron chi connectivity index (χ0n) is 13.2. The second-order valence-corrected chi connectivity index (χ2v) is 6.86. The molecule has 5 nitrogen and oxygen atoms in total. The number of amides is 1. The van der Waals surface area contributed by atoms with Crippen LogP contribution >= 0.6 is 0 Å². The molecule has 2 atom stereocenters. The van der Waals surface area contributed by atoms with E-state index in [-0.39, 0.29) is 11.8 Å². The maximum Gasteiger partial charge on any atom is 0.227 e. The van der Waals surface area contributed by atoms with Crippen molar-refractivity contribution in [3.8, 4) is 0 Å². The highest BCUT2D eigenvalue weighted by Gasteiger charge is 2.40. The number of rotatable bonds is 2. The van der Waals surface area contributed by atoms with Crippen LogP contribution in [0.4, 0.5) is 5.69 Å². The van der Waals surface area contributed by atoms with E-state index in [1.807, 2.05) is 25.6 Å². The predicted octanol–water partition coefficient (Wildman–Crippen LogP) is 2.13. The molecule has 2 fully saturated rings. The number of carbonyl (C=O) groups excluding carboxylic acids is 1. The first kappa shape index (κ1) is 14.6. The molecule has 1 aromatic rings. The predicted molar refractivity (Wildman–Crippen MR) is 82.8 cm³/mol. The summed E-state index contributed by atoms with van der Waals surface area (Å²) in [7, 11) is 1.90. The maximum atomic E-state index is 12.6. The molecular formula is C16H26N4O. The normalized spacial score (nSPS) is 32.0. The standard InChI is InChI=1S/C16H26N4O/c1-9-15(10(2)20(3)19-9)18-16(21)13-7-11-5-4-6-12(8-13)14(11)17/h11-14H,4-8,17H2,1-3H3,(H,18,21). The van der Waals surface area contributed by atoms with Crippen molar-refractivity contribution in [2.24, 2.45) is 30.5 Å². The summed E-state index contributed by atoms with van der Waals surface area (Å²) in [5, 5.41) is 7.47. The smallest absolute Gasteiger partial charge is 0.227 e. The number of hydrogen-bond donors (Lipinski definition) is 2. The van der Waals surface area contributed by atoms with Crippen LogP contribution in [0.15, 0.2) is 0 Å². The van der Waals surface area contributed by atoms with E-state index in [1.165, 1.54) is 19.3 Å². The van der Waals surface area contributed by atoms with E-state index in [4.69, 9.17) is 5.73 Å². The van der Waals surface area contributed by atoms with Gasteiger partial charge in [0.05, 0.1) is 17.1 Å². The highest BCUT2D eigenvalue weighted by atomic mass is 16.1. The van der Waals surface area contributed by atoms with Gasteiger partial charge in [0.1, 0.15) is 0 Å². The topological polar surface area (TPSA) is 72.9 Å². The lowest BCUT2D eigenvalue weighted by Gasteiger charge is -2.43. The van der Waals surface area contributed by atoms with Crippen LogP contribution < -0.4 is 11.1 Å². The fourth-order valence-corrected chi connectivity index (χ4v) is 4.18. The molecule has 116 valence electrons. The summed E-state index contributed by atoms with van der Waals surface area (Å²) in [5.41, 5.74) is 9.08. The Morgan fingerprint density at radius 1 is 1.29 bits per heavy atom. The van der Waals surface area contributed by atoms with E-state index < -0.39 is 0 Å². The molecule has 0 aromatic carbocycles. The van der Waals surface area contributed by atoms with E-state index in [0.29, 0.717) is 17.9 Å². The van der Waals surface area contributed by atoms with Crippen LogP contribution in [0.5, 0.6) is 0 Å². The first-order chi connectivity index (χ1) is 9.97. The molecular weight excluding hydrogens is 264 g/mol. The molecule has 0 spiro atoms. The highest BCUT2D eigenvalue weighted by molar-refractivity contribution is 5.93. The van der Waals surface area contributed by atoms with Gasteiger partial charge in [0.15, 0.2) is 0 Å². The molecule has 2 bridgehead atoms. The third kappa shape index (κ3) is 2.59. The summed E-state index contributed by atoms with van der Waals surface area (Å²) in [4.78, 5) is 12.6. The molecule has 21 heavy (non-hydrogen) atoms. The molecule has 2 aliphatic rings. The first-order valence-electron chi connectivity index (χ1n) is 8.04. The van der Waals surface area contributed by atoms with Crippen molar-refractivity contribution < 1.29 is 4.79 Å². The number of nitrogens with two attached hydrogens (primary N) is 1. The molecule has 0 radical (unpaired) electrons. The van der Waals surface area contributed by atoms with Gasteiger partial charge in [-0.15, -0.1) is 0 Å². The summed E-state index contributed by atoms with van der Waals surface area (Å²) in [6.07, 6.45) is 5.54. The van der Waals surface area contributed by atoms with Gasteiger partial charge in [-0.3, -0.25) is 9.48 Å². The summed E-state index contributed by atoms with van der Waals surface area (Å²) in [6.45, 7) is 3.93. The number of nitrogens with zero attached hydrogens (tertiary/aromatic N) is 2. The van der Waals surface area contributed by atoms with Crippen molar-refractivity contribution in [2.75, 3.05) is 5.32 Å². The number of aromatic nitrogens is 2. The van der Waals surface area contributed by atoms with Gasteiger partial charge in [-0.2, -0.15) is 5.10 Å². The molecule has 1 amide bonds. The summed E-state index contributed by atoms with van der Waals surface area (Å²) < 4.78 is 1.82. The molecule has 3 N–H and O–H groups in total. The van der Waals surface area contributed by atoms with Gasteiger partial charge in [-0.25, -0.2) is 0 Å². The van der Waals surface area contributed by atoms with E-state index in [2.05, 4.69) is 10.4 Å². The van der Waals surface area contributed by atoms with Crippen LogP contribution in [-0.4, -0.2) is 21.7 Å². The quantitative estimate of drug-likeness (QED) is 0.876. The van der Waals surface area contributed by atoms with Gasteiger partial charge in [0.25, 0.3) is 0 Å². The second kappa shape index (κ2) is 5.44. The lowest BCUT2D eigenvalue weighted by Crippen LogP contribution is -2.48. The van der Waals surface area contributed by atoms with Crippen LogP contribution in [-0.2, 0) is 11.8 Å². The van der Waals surface area contributed by atoms with E-state index in [9.17, 15) is 4.79 Å². The molecule has 1 aromatic heterocycles. The number of anilines is 1. The van der Waals surface area contributed by atoms with Crippen LogP contribution in [0.1, 0.15) is 43.5 Å². The lowest BCUT2D eigenvalue weighted by atomic mass is 9.65. The lowest BCUT2D eigenvalue weighted by molar-refractivity contribution is -0.122. The monoisotopic (exact) mass is 290 g/mol.